The number of furan rings is 1. The molecule has 7 nitrogen and oxygen atoms in total. The van der Waals surface area contributed by atoms with E-state index in [9.17, 15) is 14.4 Å². The van der Waals surface area contributed by atoms with Crippen molar-refractivity contribution in [3.8, 4) is 0 Å². The number of hydrogen-bond donors (Lipinski definition) is 1. The van der Waals surface area contributed by atoms with E-state index >= 15 is 0 Å². The van der Waals surface area contributed by atoms with E-state index in [0.717, 1.165) is 0 Å². The molecule has 1 aromatic heterocycles. The maximum atomic E-state index is 12.2. The molecular formula is C18H26N2O5. The monoisotopic (exact) mass is 350 g/mol. The van der Waals surface area contributed by atoms with Crippen LogP contribution in [0.3, 0.4) is 0 Å². The summed E-state index contributed by atoms with van der Waals surface area (Å²) in [5.41, 5.74) is 0.500. The molecular weight excluding hydrogens is 324 g/mol. The SMILES string of the molecule is CCOC(=O)C1CCN(C(=O)CCNC(=O)c2cc(C)oc2C)CC1. The summed E-state index contributed by atoms with van der Waals surface area (Å²) < 4.78 is 10.4. The van der Waals surface area contributed by atoms with Crippen molar-refractivity contribution in [2.45, 2.75) is 40.0 Å². The number of aryl methyl sites for hydroxylation is 2. The molecule has 2 rings (SSSR count). The first-order valence-corrected chi connectivity index (χ1v) is 8.72. The molecule has 1 aliphatic heterocycles. The summed E-state index contributed by atoms with van der Waals surface area (Å²) in [7, 11) is 0. The fourth-order valence-corrected chi connectivity index (χ4v) is 3.02. The summed E-state index contributed by atoms with van der Waals surface area (Å²) >= 11 is 0. The van der Waals surface area contributed by atoms with E-state index in [-0.39, 0.29) is 36.7 Å². The predicted molar refractivity (Wildman–Crippen MR) is 91.1 cm³/mol. The van der Waals surface area contributed by atoms with Gasteiger partial charge in [0.2, 0.25) is 5.91 Å². The van der Waals surface area contributed by atoms with Gasteiger partial charge >= 0.3 is 5.97 Å². The molecule has 1 saturated heterocycles. The van der Waals surface area contributed by atoms with Crippen LogP contribution in [0.4, 0.5) is 0 Å². The molecule has 0 aliphatic carbocycles. The van der Waals surface area contributed by atoms with Crippen molar-refractivity contribution in [2.75, 3.05) is 26.2 Å². The van der Waals surface area contributed by atoms with Crippen LogP contribution in [0, 0.1) is 19.8 Å². The molecule has 138 valence electrons. The van der Waals surface area contributed by atoms with Gasteiger partial charge in [-0.1, -0.05) is 0 Å². The second-order valence-electron chi connectivity index (χ2n) is 6.24. The lowest BCUT2D eigenvalue weighted by Gasteiger charge is -2.31. The minimum absolute atomic E-state index is 0.0114. The molecule has 0 saturated carbocycles. The zero-order valence-corrected chi connectivity index (χ0v) is 15.1. The average molecular weight is 350 g/mol. The van der Waals surface area contributed by atoms with Crippen molar-refractivity contribution in [1.82, 2.24) is 10.2 Å². The lowest BCUT2D eigenvalue weighted by atomic mass is 9.97. The Morgan fingerprint density at radius 3 is 2.52 bits per heavy atom. The standard InChI is InChI=1S/C18H26N2O5/c1-4-24-18(23)14-6-9-20(10-7-14)16(21)5-8-19-17(22)15-11-12(2)25-13(15)3/h11,14H,4-10H2,1-3H3,(H,19,22). The predicted octanol–water partition coefficient (Wildman–Crippen LogP) is 1.82. The third-order valence-electron chi connectivity index (χ3n) is 4.38. The number of ether oxygens (including phenoxy) is 1. The molecule has 2 heterocycles. The number of carbonyl (C=O) groups is 3. The van der Waals surface area contributed by atoms with Crippen molar-refractivity contribution in [2.24, 2.45) is 5.92 Å². The topological polar surface area (TPSA) is 88.9 Å². The number of nitrogens with zero attached hydrogens (tertiary/aromatic N) is 1. The lowest BCUT2D eigenvalue weighted by Crippen LogP contribution is -2.41. The summed E-state index contributed by atoms with van der Waals surface area (Å²) in [6.45, 7) is 7.07. The van der Waals surface area contributed by atoms with Gasteiger partial charge in [0.25, 0.3) is 5.91 Å². The number of amides is 2. The Morgan fingerprint density at radius 2 is 1.96 bits per heavy atom. The van der Waals surface area contributed by atoms with Gasteiger partial charge in [-0.15, -0.1) is 0 Å². The van der Waals surface area contributed by atoms with Crippen molar-refractivity contribution >= 4 is 17.8 Å². The van der Waals surface area contributed by atoms with E-state index in [4.69, 9.17) is 9.15 Å². The fourth-order valence-electron chi connectivity index (χ4n) is 3.02. The highest BCUT2D eigenvalue weighted by Gasteiger charge is 2.28. The Bertz CT molecular complexity index is 629. The van der Waals surface area contributed by atoms with E-state index in [1.54, 1.807) is 31.7 Å². The van der Waals surface area contributed by atoms with Crippen LogP contribution >= 0.6 is 0 Å². The second kappa shape index (κ2) is 8.69. The number of rotatable bonds is 6. The minimum atomic E-state index is -0.233. The Kier molecular flexibility index (Phi) is 6.61. The summed E-state index contributed by atoms with van der Waals surface area (Å²) in [5.74, 6) is 0.722. The summed E-state index contributed by atoms with van der Waals surface area (Å²) in [6.07, 6.45) is 1.50. The van der Waals surface area contributed by atoms with Crippen LogP contribution in [0.15, 0.2) is 10.5 Å². The van der Waals surface area contributed by atoms with Gasteiger partial charge in [-0.2, -0.15) is 0 Å². The van der Waals surface area contributed by atoms with Crippen LogP contribution in [-0.2, 0) is 14.3 Å². The first-order valence-electron chi connectivity index (χ1n) is 8.72. The van der Waals surface area contributed by atoms with Crippen LogP contribution in [0.25, 0.3) is 0 Å². The zero-order valence-electron chi connectivity index (χ0n) is 15.1. The first-order chi connectivity index (χ1) is 11.9. The van der Waals surface area contributed by atoms with Crippen molar-refractivity contribution in [3.63, 3.8) is 0 Å². The number of hydrogen-bond acceptors (Lipinski definition) is 5. The molecule has 0 bridgehead atoms. The summed E-state index contributed by atoms with van der Waals surface area (Å²) in [4.78, 5) is 37.7. The molecule has 0 unspecified atom stereocenters. The van der Waals surface area contributed by atoms with Gasteiger partial charge in [-0.3, -0.25) is 14.4 Å². The van der Waals surface area contributed by atoms with Gasteiger partial charge in [0.1, 0.15) is 11.5 Å². The van der Waals surface area contributed by atoms with Crippen LogP contribution in [0.2, 0.25) is 0 Å². The molecule has 1 aromatic rings. The maximum Gasteiger partial charge on any atom is 0.309 e. The minimum Gasteiger partial charge on any atom is -0.466 e. The molecule has 1 aliphatic rings. The normalized spacial score (nSPS) is 15.1. The number of carbonyl (C=O) groups excluding carboxylic acids is 3. The number of piperidine rings is 1. The smallest absolute Gasteiger partial charge is 0.309 e. The Balaban J connectivity index is 1.72. The van der Waals surface area contributed by atoms with E-state index in [1.807, 2.05) is 0 Å². The highest BCUT2D eigenvalue weighted by atomic mass is 16.5. The summed E-state index contributed by atoms with van der Waals surface area (Å²) in [6, 6.07) is 1.69. The molecule has 2 amide bonds. The van der Waals surface area contributed by atoms with Gasteiger partial charge in [0.05, 0.1) is 18.1 Å². The van der Waals surface area contributed by atoms with E-state index in [1.165, 1.54) is 0 Å². The molecule has 0 radical (unpaired) electrons. The molecule has 1 N–H and O–H groups in total. The average Bonchev–Trinajstić information content (AvgIpc) is 2.93. The lowest BCUT2D eigenvalue weighted by molar-refractivity contribution is -0.151. The zero-order chi connectivity index (χ0) is 18.4. The highest BCUT2D eigenvalue weighted by Crippen LogP contribution is 2.19. The first kappa shape index (κ1) is 19.0. The fraction of sp³-hybridized carbons (Fsp3) is 0.611. The van der Waals surface area contributed by atoms with Gasteiger partial charge < -0.3 is 19.4 Å². The van der Waals surface area contributed by atoms with Crippen LogP contribution < -0.4 is 5.32 Å². The maximum absolute atomic E-state index is 12.2. The van der Waals surface area contributed by atoms with Crippen molar-refractivity contribution < 1.29 is 23.5 Å². The van der Waals surface area contributed by atoms with E-state index < -0.39 is 0 Å². The van der Waals surface area contributed by atoms with Crippen LogP contribution in [0.5, 0.6) is 0 Å². The Hall–Kier alpha value is -2.31. The molecule has 1 fully saturated rings. The van der Waals surface area contributed by atoms with E-state index in [0.29, 0.717) is 49.6 Å². The van der Waals surface area contributed by atoms with Crippen molar-refractivity contribution in [1.29, 1.82) is 0 Å². The number of likely N-dealkylation sites (tertiary alicyclic amines) is 1. The van der Waals surface area contributed by atoms with Crippen molar-refractivity contribution in [3.05, 3.63) is 23.2 Å². The number of esters is 1. The van der Waals surface area contributed by atoms with Crippen LogP contribution in [0.1, 0.15) is 48.1 Å². The van der Waals surface area contributed by atoms with Gasteiger partial charge in [-0.25, -0.2) is 0 Å². The van der Waals surface area contributed by atoms with Crippen LogP contribution in [-0.4, -0.2) is 48.9 Å². The molecule has 25 heavy (non-hydrogen) atoms. The second-order valence-corrected chi connectivity index (χ2v) is 6.24. The largest absolute Gasteiger partial charge is 0.466 e. The third kappa shape index (κ3) is 5.08. The molecule has 7 heteroatoms. The van der Waals surface area contributed by atoms with Gasteiger partial charge in [0, 0.05) is 26.1 Å². The molecule has 0 atom stereocenters. The molecule has 0 aromatic carbocycles. The number of nitrogens with one attached hydrogen (secondary N) is 1. The Morgan fingerprint density at radius 1 is 1.28 bits per heavy atom. The summed E-state index contributed by atoms with van der Waals surface area (Å²) in [5, 5.41) is 2.75. The van der Waals surface area contributed by atoms with Gasteiger partial charge in [0.15, 0.2) is 0 Å². The third-order valence-corrected chi connectivity index (χ3v) is 4.38. The Labute approximate surface area is 147 Å². The molecule has 0 spiro atoms. The van der Waals surface area contributed by atoms with E-state index in [2.05, 4.69) is 5.32 Å². The quantitative estimate of drug-likeness (QED) is 0.791. The highest BCUT2D eigenvalue weighted by molar-refractivity contribution is 5.95. The van der Waals surface area contributed by atoms with Gasteiger partial charge in [-0.05, 0) is 39.7 Å².